The highest BCUT2D eigenvalue weighted by Gasteiger charge is 2.67. The number of ether oxygens (including phenoxy) is 1. The molecule has 216 valence electrons. The summed E-state index contributed by atoms with van der Waals surface area (Å²) in [5.41, 5.74) is -2.23. The van der Waals surface area contributed by atoms with Gasteiger partial charge in [-0.3, -0.25) is 9.59 Å². The van der Waals surface area contributed by atoms with E-state index in [1.165, 1.54) is 6.92 Å². The number of aliphatic hydroxyl groups is 6. The lowest BCUT2D eigenvalue weighted by Gasteiger charge is -2.61. The van der Waals surface area contributed by atoms with E-state index in [9.17, 15) is 40.2 Å². The third kappa shape index (κ3) is 4.32. The SMILES string of the molecule is CC(C)C1CC(C(O)C2CCOCC2)C(O)C2C(O)C3C(CC12)CC1CC(=O)C(C(C)O)C(=O)[C@@]1(O)C3O. The number of carbonyl (C=O) groups excluding carboxylic acids is 2. The van der Waals surface area contributed by atoms with E-state index < -0.39 is 77.3 Å². The van der Waals surface area contributed by atoms with Crippen molar-refractivity contribution < 1.29 is 45.0 Å². The quantitative estimate of drug-likeness (QED) is 0.276. The lowest BCUT2D eigenvalue weighted by atomic mass is 9.46. The molecule has 38 heavy (non-hydrogen) atoms. The molecule has 13 unspecified atom stereocenters. The van der Waals surface area contributed by atoms with E-state index in [4.69, 9.17) is 4.74 Å². The fourth-order valence-corrected chi connectivity index (χ4v) is 9.41. The number of ketones is 2. The van der Waals surface area contributed by atoms with Gasteiger partial charge < -0.3 is 35.4 Å². The monoisotopic (exact) mass is 538 g/mol. The van der Waals surface area contributed by atoms with Crippen LogP contribution < -0.4 is 0 Å². The first-order chi connectivity index (χ1) is 17.9. The van der Waals surface area contributed by atoms with Crippen molar-refractivity contribution in [1.82, 2.24) is 0 Å². The van der Waals surface area contributed by atoms with Crippen molar-refractivity contribution in [1.29, 1.82) is 0 Å². The van der Waals surface area contributed by atoms with Gasteiger partial charge in [0.15, 0.2) is 11.4 Å². The zero-order valence-corrected chi connectivity index (χ0v) is 22.7. The second-order valence-corrected chi connectivity index (χ2v) is 13.5. The van der Waals surface area contributed by atoms with Gasteiger partial charge in [0.1, 0.15) is 11.7 Å². The summed E-state index contributed by atoms with van der Waals surface area (Å²) in [7, 11) is 0. The maximum absolute atomic E-state index is 13.4. The van der Waals surface area contributed by atoms with Crippen molar-refractivity contribution in [2.75, 3.05) is 13.2 Å². The summed E-state index contributed by atoms with van der Waals surface area (Å²) in [5, 5.41) is 68.2. The molecule has 0 radical (unpaired) electrons. The Hall–Kier alpha value is -0.940. The van der Waals surface area contributed by atoms with Crippen LogP contribution in [0.3, 0.4) is 0 Å². The van der Waals surface area contributed by atoms with E-state index in [2.05, 4.69) is 13.8 Å². The van der Waals surface area contributed by atoms with E-state index in [0.717, 1.165) is 12.8 Å². The molecule has 0 bridgehead atoms. The maximum Gasteiger partial charge on any atom is 0.180 e. The third-order valence-corrected chi connectivity index (χ3v) is 11.4. The average molecular weight is 539 g/mol. The molecule has 4 aliphatic carbocycles. The van der Waals surface area contributed by atoms with Gasteiger partial charge in [-0.2, -0.15) is 0 Å². The molecule has 1 heterocycles. The summed E-state index contributed by atoms with van der Waals surface area (Å²) in [6.45, 7) is 6.73. The highest BCUT2D eigenvalue weighted by Crippen LogP contribution is 2.59. The summed E-state index contributed by atoms with van der Waals surface area (Å²) in [4.78, 5) is 26.1. The van der Waals surface area contributed by atoms with E-state index in [-0.39, 0.29) is 36.0 Å². The standard InChI is InChI=1S/C29H46O9/c1-12(2)17-11-19(24(32)14-4-6-38-7-5-14)25(33)23-18(17)9-15-8-16-10-20(31)21(13(3)30)27(35)29(16,37)28(36)22(15)26(23)34/h12-19,21-26,28,30,32-34,36-37H,4-11H2,1-3H3/t13?,15?,16?,17?,18?,19?,21?,22?,23?,24?,25?,26?,28?,29-/m1/s1. The first-order valence-electron chi connectivity index (χ1n) is 14.7. The lowest BCUT2D eigenvalue weighted by Crippen LogP contribution is -2.72. The topological polar surface area (TPSA) is 165 Å². The minimum absolute atomic E-state index is 0.0118. The maximum atomic E-state index is 13.4. The molecule has 0 amide bonds. The molecule has 0 aromatic heterocycles. The summed E-state index contributed by atoms with van der Waals surface area (Å²) in [6.07, 6.45) is -2.90. The normalized spacial score (nSPS) is 49.7. The van der Waals surface area contributed by atoms with Crippen LogP contribution in [0.15, 0.2) is 0 Å². The van der Waals surface area contributed by atoms with Crippen LogP contribution in [0.25, 0.3) is 0 Å². The molecule has 1 saturated heterocycles. The number of aliphatic hydroxyl groups excluding tert-OH is 5. The Morgan fingerprint density at radius 2 is 1.55 bits per heavy atom. The third-order valence-electron chi connectivity index (χ3n) is 11.4. The molecule has 0 aromatic rings. The van der Waals surface area contributed by atoms with Gasteiger partial charge in [0, 0.05) is 43.3 Å². The molecule has 5 rings (SSSR count). The van der Waals surface area contributed by atoms with Gasteiger partial charge >= 0.3 is 0 Å². The molecule has 9 nitrogen and oxygen atoms in total. The van der Waals surface area contributed by atoms with Crippen molar-refractivity contribution in [2.24, 2.45) is 59.2 Å². The highest BCUT2D eigenvalue weighted by atomic mass is 16.5. The van der Waals surface area contributed by atoms with Gasteiger partial charge in [-0.05, 0) is 68.6 Å². The van der Waals surface area contributed by atoms with Gasteiger partial charge in [0.25, 0.3) is 0 Å². The van der Waals surface area contributed by atoms with Gasteiger partial charge in [-0.15, -0.1) is 0 Å². The molecule has 0 aromatic carbocycles. The number of fused-ring (bicyclic) bond motifs is 3. The number of rotatable bonds is 4. The first kappa shape index (κ1) is 28.6. The average Bonchev–Trinajstić information content (AvgIpc) is 2.86. The number of hydrogen-bond acceptors (Lipinski definition) is 9. The molecule has 1 aliphatic heterocycles. The zero-order valence-electron chi connectivity index (χ0n) is 22.7. The van der Waals surface area contributed by atoms with Crippen LogP contribution in [0.2, 0.25) is 0 Å². The minimum atomic E-state index is -2.23. The van der Waals surface area contributed by atoms with E-state index >= 15 is 0 Å². The van der Waals surface area contributed by atoms with Gasteiger partial charge in [0.2, 0.25) is 0 Å². The van der Waals surface area contributed by atoms with Crippen molar-refractivity contribution in [3.63, 3.8) is 0 Å². The number of hydrogen-bond donors (Lipinski definition) is 6. The van der Waals surface area contributed by atoms with Gasteiger partial charge in [-0.25, -0.2) is 0 Å². The van der Waals surface area contributed by atoms with Crippen LogP contribution in [0.1, 0.15) is 59.3 Å². The Morgan fingerprint density at radius 3 is 2.16 bits per heavy atom. The largest absolute Gasteiger partial charge is 0.392 e. The first-order valence-corrected chi connectivity index (χ1v) is 14.7. The Bertz CT molecular complexity index is 900. The second kappa shape index (κ2) is 10.5. The Balaban J connectivity index is 1.46. The molecule has 6 N–H and O–H groups in total. The van der Waals surface area contributed by atoms with Crippen molar-refractivity contribution in [2.45, 2.75) is 95.4 Å². The molecule has 5 fully saturated rings. The van der Waals surface area contributed by atoms with Crippen molar-refractivity contribution in [3.05, 3.63) is 0 Å². The predicted octanol–water partition coefficient (Wildman–Crippen LogP) is 0.307. The van der Waals surface area contributed by atoms with Gasteiger partial charge in [-0.1, -0.05) is 13.8 Å². The number of carbonyl (C=O) groups is 2. The summed E-state index contributed by atoms with van der Waals surface area (Å²) in [6, 6.07) is 0. The fraction of sp³-hybridized carbons (Fsp3) is 0.931. The van der Waals surface area contributed by atoms with E-state index in [0.29, 0.717) is 32.5 Å². The van der Waals surface area contributed by atoms with Crippen LogP contribution in [0.4, 0.5) is 0 Å². The fourth-order valence-electron chi connectivity index (χ4n) is 9.41. The van der Waals surface area contributed by atoms with Crippen LogP contribution in [-0.4, -0.2) is 91.5 Å². The number of Topliss-reactive ketones (excluding diaryl/α,β-unsaturated/α-hetero) is 2. The van der Waals surface area contributed by atoms with Crippen LogP contribution >= 0.6 is 0 Å². The molecule has 9 heteroatoms. The molecule has 5 aliphatic rings. The van der Waals surface area contributed by atoms with Crippen LogP contribution in [-0.2, 0) is 14.3 Å². The van der Waals surface area contributed by atoms with Crippen molar-refractivity contribution >= 4 is 11.6 Å². The van der Waals surface area contributed by atoms with Crippen molar-refractivity contribution in [3.8, 4) is 0 Å². The highest BCUT2D eigenvalue weighted by molar-refractivity contribution is 6.09. The predicted molar refractivity (Wildman–Crippen MR) is 135 cm³/mol. The molecular weight excluding hydrogens is 492 g/mol. The minimum Gasteiger partial charge on any atom is -0.392 e. The Labute approximate surface area is 224 Å². The smallest absolute Gasteiger partial charge is 0.180 e. The Kier molecular flexibility index (Phi) is 7.88. The summed E-state index contributed by atoms with van der Waals surface area (Å²) >= 11 is 0. The van der Waals surface area contributed by atoms with Gasteiger partial charge in [0.05, 0.1) is 30.5 Å². The Morgan fingerprint density at radius 1 is 0.895 bits per heavy atom. The summed E-state index contributed by atoms with van der Waals surface area (Å²) in [5.74, 6) is -5.22. The van der Waals surface area contributed by atoms with E-state index in [1.807, 2.05) is 0 Å². The summed E-state index contributed by atoms with van der Waals surface area (Å²) < 4.78 is 5.46. The molecular formula is C29H46O9. The van der Waals surface area contributed by atoms with Crippen LogP contribution in [0.5, 0.6) is 0 Å². The molecule has 0 spiro atoms. The molecule has 14 atom stereocenters. The van der Waals surface area contributed by atoms with Crippen LogP contribution in [0, 0.1) is 59.2 Å². The second-order valence-electron chi connectivity index (χ2n) is 13.5. The zero-order chi connectivity index (χ0) is 27.7. The van der Waals surface area contributed by atoms with E-state index in [1.54, 1.807) is 0 Å². The molecule has 4 saturated carbocycles. The lowest BCUT2D eigenvalue weighted by molar-refractivity contribution is -0.245.